The maximum Gasteiger partial charge on any atom is 0.323 e. The zero-order valence-electron chi connectivity index (χ0n) is 25.0. The van der Waals surface area contributed by atoms with Gasteiger partial charge in [-0.25, -0.2) is 9.59 Å². The summed E-state index contributed by atoms with van der Waals surface area (Å²) in [7, 11) is 1.70. The van der Waals surface area contributed by atoms with Crippen LogP contribution in [0.15, 0.2) is 91.0 Å². The Labute approximate surface area is 256 Å². The fraction of sp³-hybridized carbons (Fsp3) is 0.265. The topological polar surface area (TPSA) is 123 Å². The third-order valence-corrected chi connectivity index (χ3v) is 7.79. The van der Waals surface area contributed by atoms with Crippen molar-refractivity contribution >= 4 is 45.8 Å². The summed E-state index contributed by atoms with van der Waals surface area (Å²) in [6, 6.07) is 26.3. The number of para-hydroxylation sites is 1. The molecule has 0 fully saturated rings. The van der Waals surface area contributed by atoms with Crippen LogP contribution in [-0.4, -0.2) is 71.8 Å². The molecule has 1 aliphatic heterocycles. The molecule has 0 aliphatic carbocycles. The van der Waals surface area contributed by atoms with Crippen LogP contribution < -0.4 is 20.7 Å². The van der Waals surface area contributed by atoms with Crippen LogP contribution in [0.25, 0.3) is 10.8 Å². The van der Waals surface area contributed by atoms with Crippen LogP contribution in [0.5, 0.6) is 5.75 Å². The molecule has 4 aromatic carbocycles. The number of nitrogens with zero attached hydrogens (tertiary/aromatic N) is 2. The lowest BCUT2D eigenvalue weighted by atomic mass is 9.99. The van der Waals surface area contributed by atoms with Crippen molar-refractivity contribution in [3.8, 4) is 5.75 Å². The Morgan fingerprint density at radius 1 is 0.955 bits per heavy atom. The van der Waals surface area contributed by atoms with Gasteiger partial charge in [-0.3, -0.25) is 4.79 Å². The first-order chi connectivity index (χ1) is 21.2. The summed E-state index contributed by atoms with van der Waals surface area (Å²) < 4.78 is 6.42. The van der Waals surface area contributed by atoms with Gasteiger partial charge in [0.05, 0.1) is 30.4 Å². The molecule has 1 heterocycles. The van der Waals surface area contributed by atoms with E-state index in [9.17, 15) is 19.5 Å². The van der Waals surface area contributed by atoms with E-state index >= 15 is 0 Å². The van der Waals surface area contributed by atoms with Crippen molar-refractivity contribution in [1.82, 2.24) is 9.80 Å². The summed E-state index contributed by atoms with van der Waals surface area (Å²) in [6.07, 6.45) is -0.473. The van der Waals surface area contributed by atoms with Gasteiger partial charge in [-0.1, -0.05) is 61.5 Å². The molecule has 10 heteroatoms. The highest BCUT2D eigenvalue weighted by Crippen LogP contribution is 2.31. The van der Waals surface area contributed by atoms with Gasteiger partial charge >= 0.3 is 12.1 Å². The van der Waals surface area contributed by atoms with Crippen LogP contribution in [0.2, 0.25) is 0 Å². The predicted molar refractivity (Wildman–Crippen MR) is 172 cm³/mol. The number of nitrogens with one attached hydrogen (secondary N) is 3. The van der Waals surface area contributed by atoms with Crippen molar-refractivity contribution < 1.29 is 24.2 Å². The van der Waals surface area contributed by atoms with Crippen molar-refractivity contribution in [1.29, 1.82) is 0 Å². The number of carbonyl (C=O) groups is 3. The van der Waals surface area contributed by atoms with Crippen molar-refractivity contribution in [3.63, 3.8) is 0 Å². The fourth-order valence-corrected chi connectivity index (χ4v) is 5.23. The molecule has 0 aromatic heterocycles. The molecule has 5 amide bonds. The molecule has 0 radical (unpaired) electrons. The van der Waals surface area contributed by atoms with Crippen molar-refractivity contribution in [2.45, 2.75) is 26.0 Å². The van der Waals surface area contributed by atoms with Crippen LogP contribution in [0, 0.1) is 5.92 Å². The van der Waals surface area contributed by atoms with Crippen LogP contribution in [0.4, 0.5) is 26.7 Å². The Morgan fingerprint density at radius 3 is 2.43 bits per heavy atom. The van der Waals surface area contributed by atoms with E-state index in [0.29, 0.717) is 29.4 Å². The van der Waals surface area contributed by atoms with Gasteiger partial charge in [0, 0.05) is 36.3 Å². The summed E-state index contributed by atoms with van der Waals surface area (Å²) in [5, 5.41) is 20.5. The van der Waals surface area contributed by atoms with Gasteiger partial charge in [-0.2, -0.15) is 0 Å². The second kappa shape index (κ2) is 13.5. The first-order valence-corrected chi connectivity index (χ1v) is 14.6. The highest BCUT2D eigenvalue weighted by Gasteiger charge is 2.34. The second-order valence-electron chi connectivity index (χ2n) is 11.1. The number of hydrogen-bond donors (Lipinski definition) is 4. The van der Waals surface area contributed by atoms with E-state index in [4.69, 9.17) is 4.74 Å². The van der Waals surface area contributed by atoms with E-state index < -0.39 is 18.2 Å². The van der Waals surface area contributed by atoms with E-state index in [1.165, 1.54) is 0 Å². The molecule has 4 aromatic rings. The number of anilines is 3. The number of carbonyl (C=O) groups excluding carboxylic acids is 3. The standard InChI is InChI=1S/C34H37N5O5/c1-22-19-39(23(2)21-40)32(41)28-18-26(36-33(42)35-25-12-5-4-6-13-25)16-17-30(28)44-31(22)20-38(3)34(43)37-29-15-9-11-24-10-7-8-14-27(24)29/h4-18,22-23,31,40H,19-21H2,1-3H3,(H,37,43)(H2,35,36,42)/t22-,23-,31+/m1/s1. The first-order valence-electron chi connectivity index (χ1n) is 14.6. The number of likely N-dealkylation sites (N-methyl/N-ethyl adjacent to an activating group) is 1. The van der Waals surface area contributed by atoms with Gasteiger partial charge < -0.3 is 35.6 Å². The number of urea groups is 2. The van der Waals surface area contributed by atoms with Crippen molar-refractivity contribution in [2.75, 3.05) is 42.7 Å². The minimum Gasteiger partial charge on any atom is -0.487 e. The lowest BCUT2D eigenvalue weighted by molar-refractivity contribution is 0.0371. The molecule has 0 bridgehead atoms. The molecular formula is C34H37N5O5. The Kier molecular flexibility index (Phi) is 9.30. The van der Waals surface area contributed by atoms with E-state index in [-0.39, 0.29) is 36.6 Å². The molecular weight excluding hydrogens is 558 g/mol. The van der Waals surface area contributed by atoms with Gasteiger partial charge in [-0.05, 0) is 48.7 Å². The highest BCUT2D eigenvalue weighted by molar-refractivity contribution is 6.03. The van der Waals surface area contributed by atoms with Crippen LogP contribution in [0.3, 0.4) is 0 Å². The van der Waals surface area contributed by atoms with Gasteiger partial charge in [0.1, 0.15) is 11.9 Å². The highest BCUT2D eigenvalue weighted by atomic mass is 16.5. The van der Waals surface area contributed by atoms with Gasteiger partial charge in [0.15, 0.2) is 0 Å². The average molecular weight is 596 g/mol. The van der Waals surface area contributed by atoms with Crippen LogP contribution in [-0.2, 0) is 0 Å². The Bertz CT molecular complexity index is 1640. The normalized spacial score (nSPS) is 17.0. The SMILES string of the molecule is C[C@@H]1CN([C@H](C)CO)C(=O)c2cc(NC(=O)Nc3ccccc3)ccc2O[C@H]1CN(C)C(=O)Nc1cccc2ccccc12. The Balaban J connectivity index is 1.36. The third kappa shape index (κ3) is 6.92. The van der Waals surface area contributed by atoms with Crippen LogP contribution >= 0.6 is 0 Å². The van der Waals surface area contributed by atoms with Crippen molar-refractivity contribution in [3.05, 3.63) is 96.6 Å². The number of ether oxygens (including phenoxy) is 1. The predicted octanol–water partition coefficient (Wildman–Crippen LogP) is 5.87. The summed E-state index contributed by atoms with van der Waals surface area (Å²) in [5.41, 5.74) is 2.00. The summed E-state index contributed by atoms with van der Waals surface area (Å²) in [4.78, 5) is 42.9. The largest absolute Gasteiger partial charge is 0.487 e. The molecule has 0 unspecified atom stereocenters. The number of fused-ring (bicyclic) bond motifs is 2. The molecule has 0 saturated carbocycles. The van der Waals surface area contributed by atoms with Gasteiger partial charge in [0.2, 0.25) is 0 Å². The molecule has 5 rings (SSSR count). The molecule has 3 atom stereocenters. The number of rotatable bonds is 7. The zero-order valence-corrected chi connectivity index (χ0v) is 25.0. The second-order valence-corrected chi connectivity index (χ2v) is 11.1. The summed E-state index contributed by atoms with van der Waals surface area (Å²) in [6.45, 7) is 4.06. The minimum atomic E-state index is -0.473. The minimum absolute atomic E-state index is 0.177. The van der Waals surface area contributed by atoms with E-state index in [2.05, 4.69) is 16.0 Å². The van der Waals surface area contributed by atoms with Gasteiger partial charge in [0.25, 0.3) is 5.91 Å². The molecule has 228 valence electrons. The quantitative estimate of drug-likeness (QED) is 0.213. The van der Waals surface area contributed by atoms with E-state index in [1.807, 2.05) is 67.6 Å². The maximum absolute atomic E-state index is 13.7. The van der Waals surface area contributed by atoms with E-state index in [0.717, 1.165) is 10.8 Å². The average Bonchev–Trinajstić information content (AvgIpc) is 3.03. The molecule has 44 heavy (non-hydrogen) atoms. The van der Waals surface area contributed by atoms with Crippen molar-refractivity contribution in [2.24, 2.45) is 5.92 Å². The molecule has 0 spiro atoms. The molecule has 4 N–H and O–H groups in total. The lowest BCUT2D eigenvalue weighted by Gasteiger charge is -2.38. The lowest BCUT2D eigenvalue weighted by Crippen LogP contribution is -2.50. The first kappa shape index (κ1) is 30.4. The Hall–Kier alpha value is -5.09. The number of hydrogen-bond acceptors (Lipinski definition) is 5. The Morgan fingerprint density at radius 2 is 1.66 bits per heavy atom. The number of aliphatic hydroxyl groups excluding tert-OH is 1. The van der Waals surface area contributed by atoms with E-state index in [1.54, 1.807) is 54.1 Å². The maximum atomic E-state index is 13.7. The monoisotopic (exact) mass is 595 g/mol. The smallest absolute Gasteiger partial charge is 0.323 e. The number of amides is 5. The third-order valence-electron chi connectivity index (χ3n) is 7.79. The zero-order chi connectivity index (χ0) is 31.2. The fourth-order valence-electron chi connectivity index (χ4n) is 5.23. The number of benzene rings is 4. The molecule has 0 saturated heterocycles. The molecule has 10 nitrogen and oxygen atoms in total. The van der Waals surface area contributed by atoms with Gasteiger partial charge in [-0.15, -0.1) is 0 Å². The van der Waals surface area contributed by atoms with Crippen LogP contribution in [0.1, 0.15) is 24.2 Å². The number of aliphatic hydroxyl groups is 1. The summed E-state index contributed by atoms with van der Waals surface area (Å²) >= 11 is 0. The molecule has 1 aliphatic rings. The summed E-state index contributed by atoms with van der Waals surface area (Å²) in [5.74, 6) is -0.164.